The third kappa shape index (κ3) is 1.95. The summed E-state index contributed by atoms with van der Waals surface area (Å²) in [6.45, 7) is 1.68. The maximum absolute atomic E-state index is 11.9. The summed E-state index contributed by atoms with van der Waals surface area (Å²) in [7, 11) is 0. The molecule has 1 amide bonds. The van der Waals surface area contributed by atoms with Crippen molar-refractivity contribution in [2.45, 2.75) is 12.5 Å². The van der Waals surface area contributed by atoms with Gasteiger partial charge >= 0.3 is 0 Å². The number of amides is 1. The zero-order valence-electron chi connectivity index (χ0n) is 11.0. The van der Waals surface area contributed by atoms with Crippen LogP contribution in [0.5, 0.6) is 0 Å². The Morgan fingerprint density at radius 3 is 2.15 bits per heavy atom. The van der Waals surface area contributed by atoms with Gasteiger partial charge in [-0.15, -0.1) is 0 Å². The van der Waals surface area contributed by atoms with Gasteiger partial charge in [-0.1, -0.05) is 54.6 Å². The van der Waals surface area contributed by atoms with Crippen LogP contribution in [0.15, 0.2) is 59.6 Å². The molecular weight excluding hydrogens is 252 g/mol. The molecule has 1 heterocycles. The number of nitrogens with two attached hydrogens (primary N) is 1. The van der Waals surface area contributed by atoms with Gasteiger partial charge in [0.15, 0.2) is 0 Å². The van der Waals surface area contributed by atoms with Gasteiger partial charge < -0.3 is 10.5 Å². The third-order valence-corrected chi connectivity index (χ3v) is 3.47. The van der Waals surface area contributed by atoms with Crippen LogP contribution in [0.2, 0.25) is 0 Å². The summed E-state index contributed by atoms with van der Waals surface area (Å²) in [6, 6.07) is 17.6. The summed E-state index contributed by atoms with van der Waals surface area (Å²) < 4.78 is 5.37. The smallest absolute Gasteiger partial charge is 0.298 e. The second-order valence-corrected chi connectivity index (χ2v) is 4.83. The highest BCUT2D eigenvalue weighted by atomic mass is 16.5. The molecule has 2 aromatic carbocycles. The van der Waals surface area contributed by atoms with Gasteiger partial charge in [0.05, 0.1) is 0 Å². The van der Waals surface area contributed by atoms with Crippen LogP contribution < -0.4 is 5.73 Å². The quantitative estimate of drug-likeness (QED) is 0.908. The highest BCUT2D eigenvalue weighted by molar-refractivity contribution is 6.01. The van der Waals surface area contributed by atoms with E-state index in [9.17, 15) is 4.79 Å². The fourth-order valence-corrected chi connectivity index (χ4v) is 2.28. The third-order valence-electron chi connectivity index (χ3n) is 3.47. The first kappa shape index (κ1) is 12.4. The number of hydrogen-bond donors (Lipinski definition) is 1. The molecule has 1 aliphatic heterocycles. The number of aliphatic imine (C=N–C) groups is 1. The molecule has 0 aliphatic carbocycles. The Bertz CT molecular complexity index is 677. The Balaban J connectivity index is 1.93. The highest BCUT2D eigenvalue weighted by Gasteiger charge is 2.43. The van der Waals surface area contributed by atoms with Crippen molar-refractivity contribution in [3.05, 3.63) is 60.2 Å². The molecule has 2 N–H and O–H groups in total. The van der Waals surface area contributed by atoms with Gasteiger partial charge in [0.2, 0.25) is 5.60 Å². The summed E-state index contributed by atoms with van der Waals surface area (Å²) in [4.78, 5) is 15.5. The Kier molecular flexibility index (Phi) is 2.79. The van der Waals surface area contributed by atoms with Crippen molar-refractivity contribution in [3.63, 3.8) is 0 Å². The molecule has 1 aliphatic rings. The normalized spacial score (nSPS) is 21.4. The minimum atomic E-state index is -1.11. The maximum Gasteiger partial charge on any atom is 0.298 e. The molecule has 0 bridgehead atoms. The number of carbonyl (C=O) groups is 1. The second kappa shape index (κ2) is 4.49. The van der Waals surface area contributed by atoms with E-state index in [1.807, 2.05) is 54.6 Å². The van der Waals surface area contributed by atoms with Crippen molar-refractivity contribution >= 4 is 11.9 Å². The topological polar surface area (TPSA) is 64.7 Å². The summed E-state index contributed by atoms with van der Waals surface area (Å²) in [5.41, 5.74) is 7.30. The number of benzene rings is 2. The number of hydrogen-bond acceptors (Lipinski definition) is 3. The van der Waals surface area contributed by atoms with Gasteiger partial charge in [-0.05, 0) is 18.1 Å². The SMILES string of the molecule is CC1(c2ccc(-c3ccccc3)cc2)OC(N)=NC1=O. The van der Waals surface area contributed by atoms with E-state index >= 15 is 0 Å². The lowest BCUT2D eigenvalue weighted by Gasteiger charge is -2.21. The zero-order chi connectivity index (χ0) is 14.2. The lowest BCUT2D eigenvalue weighted by atomic mass is 9.93. The van der Waals surface area contributed by atoms with Crippen molar-refractivity contribution in [2.75, 3.05) is 0 Å². The zero-order valence-corrected chi connectivity index (χ0v) is 11.0. The Hall–Kier alpha value is -2.62. The first-order chi connectivity index (χ1) is 9.59. The molecule has 4 nitrogen and oxygen atoms in total. The molecule has 1 atom stereocenters. The van der Waals surface area contributed by atoms with Crippen molar-refractivity contribution in [3.8, 4) is 11.1 Å². The molecule has 0 radical (unpaired) electrons. The molecule has 0 spiro atoms. The van der Waals surface area contributed by atoms with Crippen molar-refractivity contribution in [1.82, 2.24) is 0 Å². The van der Waals surface area contributed by atoms with E-state index in [2.05, 4.69) is 4.99 Å². The second-order valence-electron chi connectivity index (χ2n) is 4.83. The van der Waals surface area contributed by atoms with Crippen molar-refractivity contribution < 1.29 is 9.53 Å². The first-order valence-electron chi connectivity index (χ1n) is 6.33. The fraction of sp³-hybridized carbons (Fsp3) is 0.125. The average molecular weight is 266 g/mol. The first-order valence-corrected chi connectivity index (χ1v) is 6.33. The molecule has 0 saturated carbocycles. The fourth-order valence-electron chi connectivity index (χ4n) is 2.28. The molecule has 0 fully saturated rings. The van der Waals surface area contributed by atoms with E-state index in [4.69, 9.17) is 10.5 Å². The average Bonchev–Trinajstić information content (AvgIpc) is 2.74. The van der Waals surface area contributed by atoms with Crippen LogP contribution in [0.1, 0.15) is 12.5 Å². The van der Waals surface area contributed by atoms with Crippen molar-refractivity contribution in [2.24, 2.45) is 10.7 Å². The summed E-state index contributed by atoms with van der Waals surface area (Å²) in [5, 5.41) is 0. The standard InChI is InChI=1S/C16H14N2O2/c1-16(14(19)18-15(17)20-16)13-9-7-12(8-10-13)11-5-3-2-4-6-11/h2-10H,1H3,(H2,17,18,19). The van der Waals surface area contributed by atoms with Crippen LogP contribution in [0.4, 0.5) is 0 Å². The summed E-state index contributed by atoms with van der Waals surface area (Å²) in [5.74, 6) is -0.373. The Labute approximate surface area is 116 Å². The molecule has 2 aromatic rings. The molecule has 4 heteroatoms. The number of amidine groups is 1. The van der Waals surface area contributed by atoms with E-state index in [0.29, 0.717) is 0 Å². The predicted octanol–water partition coefficient (Wildman–Crippen LogP) is 2.44. The minimum absolute atomic E-state index is 0.0790. The van der Waals surface area contributed by atoms with Gasteiger partial charge in [-0.3, -0.25) is 4.79 Å². The molecule has 3 rings (SSSR count). The minimum Gasteiger partial charge on any atom is -0.444 e. The van der Waals surface area contributed by atoms with Crippen LogP contribution in [-0.2, 0) is 15.1 Å². The summed E-state index contributed by atoms with van der Waals surface area (Å²) >= 11 is 0. The maximum atomic E-state index is 11.9. The molecule has 20 heavy (non-hydrogen) atoms. The van der Waals surface area contributed by atoms with Gasteiger partial charge in [-0.2, -0.15) is 4.99 Å². The van der Waals surface area contributed by atoms with Crippen LogP contribution in [0.3, 0.4) is 0 Å². The molecule has 0 saturated heterocycles. The van der Waals surface area contributed by atoms with Crippen LogP contribution in [0, 0.1) is 0 Å². The van der Waals surface area contributed by atoms with Crippen LogP contribution >= 0.6 is 0 Å². The van der Waals surface area contributed by atoms with Crippen molar-refractivity contribution in [1.29, 1.82) is 0 Å². The van der Waals surface area contributed by atoms with Crippen LogP contribution in [0.25, 0.3) is 11.1 Å². The van der Waals surface area contributed by atoms with Gasteiger partial charge in [-0.25, -0.2) is 0 Å². The van der Waals surface area contributed by atoms with E-state index in [0.717, 1.165) is 16.7 Å². The van der Waals surface area contributed by atoms with Gasteiger partial charge in [0.25, 0.3) is 11.9 Å². The largest absolute Gasteiger partial charge is 0.444 e. The Morgan fingerprint density at radius 2 is 1.60 bits per heavy atom. The Morgan fingerprint density at radius 1 is 1.00 bits per heavy atom. The van der Waals surface area contributed by atoms with Crippen LogP contribution in [-0.4, -0.2) is 11.9 Å². The number of carbonyl (C=O) groups excluding carboxylic acids is 1. The number of ether oxygens (including phenoxy) is 1. The monoisotopic (exact) mass is 266 g/mol. The van der Waals surface area contributed by atoms with E-state index < -0.39 is 5.60 Å². The van der Waals surface area contributed by atoms with Gasteiger partial charge in [0.1, 0.15) is 0 Å². The lowest BCUT2D eigenvalue weighted by molar-refractivity contribution is -0.130. The summed E-state index contributed by atoms with van der Waals surface area (Å²) in [6.07, 6.45) is 0. The van der Waals surface area contributed by atoms with E-state index in [1.165, 1.54) is 0 Å². The number of nitrogens with zero attached hydrogens (tertiary/aromatic N) is 1. The molecule has 1 unspecified atom stereocenters. The molecule has 0 aromatic heterocycles. The molecule has 100 valence electrons. The number of rotatable bonds is 2. The van der Waals surface area contributed by atoms with E-state index in [1.54, 1.807) is 6.92 Å². The van der Waals surface area contributed by atoms with E-state index in [-0.39, 0.29) is 11.9 Å². The van der Waals surface area contributed by atoms with Gasteiger partial charge in [0, 0.05) is 5.56 Å². The lowest BCUT2D eigenvalue weighted by Crippen LogP contribution is -2.31. The highest BCUT2D eigenvalue weighted by Crippen LogP contribution is 2.32. The molecular formula is C16H14N2O2. The predicted molar refractivity (Wildman–Crippen MR) is 76.9 cm³/mol.